The minimum Gasteiger partial charge on any atom is -0.408 e. The van der Waals surface area contributed by atoms with Gasteiger partial charge in [-0.15, -0.1) is 0 Å². The molecule has 1 saturated heterocycles. The summed E-state index contributed by atoms with van der Waals surface area (Å²) in [5, 5.41) is 0. The van der Waals surface area contributed by atoms with Crippen LogP contribution in [0.25, 0.3) is 11.1 Å². The maximum atomic E-state index is 13.0. The number of amides is 2. The van der Waals surface area contributed by atoms with E-state index in [4.69, 9.17) is 4.42 Å². The molecule has 2 fully saturated rings. The first-order valence-electron chi connectivity index (χ1n) is 9.72. The van der Waals surface area contributed by atoms with E-state index in [2.05, 4.69) is 0 Å². The van der Waals surface area contributed by atoms with Crippen molar-refractivity contribution in [1.82, 2.24) is 14.4 Å². The standard InChI is InChI=1S/C20H25N3O4/c1-21-16-13-15(7-8-17(16)27-20(21)26)19(25)23-10-4-9-22(11-12-23)18(24)14-5-2-3-6-14/h7-8,13-14H,2-6,9-12H2,1H3. The summed E-state index contributed by atoms with van der Waals surface area (Å²) in [7, 11) is 1.63. The molecule has 0 spiro atoms. The van der Waals surface area contributed by atoms with Crippen LogP contribution in [0.3, 0.4) is 0 Å². The number of carbonyl (C=O) groups excluding carboxylic acids is 2. The van der Waals surface area contributed by atoms with Gasteiger partial charge in [-0.2, -0.15) is 0 Å². The maximum Gasteiger partial charge on any atom is 0.419 e. The monoisotopic (exact) mass is 371 g/mol. The minimum atomic E-state index is -0.439. The van der Waals surface area contributed by atoms with Crippen molar-refractivity contribution in [3.05, 3.63) is 34.3 Å². The van der Waals surface area contributed by atoms with Crippen LogP contribution in [0, 0.1) is 5.92 Å². The second-order valence-corrected chi connectivity index (χ2v) is 7.56. The molecule has 1 aliphatic carbocycles. The van der Waals surface area contributed by atoms with Crippen LogP contribution in [-0.4, -0.2) is 52.4 Å². The van der Waals surface area contributed by atoms with Crippen molar-refractivity contribution in [3.63, 3.8) is 0 Å². The Morgan fingerprint density at radius 1 is 1.00 bits per heavy atom. The SMILES string of the molecule is Cn1c(=O)oc2ccc(C(=O)N3CCCN(C(=O)C4CCCC4)CC3)cc21. The molecule has 0 radical (unpaired) electrons. The second-order valence-electron chi connectivity index (χ2n) is 7.56. The van der Waals surface area contributed by atoms with Crippen molar-refractivity contribution >= 4 is 22.9 Å². The lowest BCUT2D eigenvalue weighted by Crippen LogP contribution is -2.39. The average molecular weight is 371 g/mol. The zero-order valence-electron chi connectivity index (χ0n) is 15.6. The summed E-state index contributed by atoms with van der Waals surface area (Å²) in [6.45, 7) is 2.48. The predicted octanol–water partition coefficient (Wildman–Crippen LogP) is 2.00. The van der Waals surface area contributed by atoms with Gasteiger partial charge in [0.25, 0.3) is 5.91 Å². The van der Waals surface area contributed by atoms with Crippen LogP contribution in [0.5, 0.6) is 0 Å². The molecule has 0 atom stereocenters. The highest BCUT2D eigenvalue weighted by Gasteiger charge is 2.29. The average Bonchev–Trinajstić information content (AvgIpc) is 3.22. The van der Waals surface area contributed by atoms with Crippen molar-refractivity contribution in [2.45, 2.75) is 32.1 Å². The van der Waals surface area contributed by atoms with Gasteiger partial charge in [0.1, 0.15) is 0 Å². The van der Waals surface area contributed by atoms with Crippen molar-refractivity contribution in [3.8, 4) is 0 Å². The van der Waals surface area contributed by atoms with E-state index in [1.807, 2.05) is 4.90 Å². The topological polar surface area (TPSA) is 75.8 Å². The number of aryl methyl sites for hydroxylation is 1. The fourth-order valence-corrected chi connectivity index (χ4v) is 4.21. The van der Waals surface area contributed by atoms with Crippen LogP contribution in [0.1, 0.15) is 42.5 Å². The molecule has 2 amide bonds. The van der Waals surface area contributed by atoms with Gasteiger partial charge in [0, 0.05) is 44.7 Å². The zero-order valence-corrected chi connectivity index (χ0v) is 15.6. The van der Waals surface area contributed by atoms with Crippen LogP contribution in [0.4, 0.5) is 0 Å². The Balaban J connectivity index is 1.47. The molecular formula is C20H25N3O4. The maximum absolute atomic E-state index is 13.0. The van der Waals surface area contributed by atoms with E-state index in [9.17, 15) is 14.4 Å². The lowest BCUT2D eigenvalue weighted by Gasteiger charge is -2.24. The van der Waals surface area contributed by atoms with Gasteiger partial charge in [-0.25, -0.2) is 4.79 Å². The Morgan fingerprint density at radius 2 is 1.70 bits per heavy atom. The summed E-state index contributed by atoms with van der Waals surface area (Å²) in [5.74, 6) is -0.0696. The molecule has 2 aromatic rings. The molecule has 2 heterocycles. The number of benzene rings is 1. The van der Waals surface area contributed by atoms with Gasteiger partial charge >= 0.3 is 5.76 Å². The summed E-state index contributed by atoms with van der Waals surface area (Å²) in [6.07, 6.45) is 5.08. The van der Waals surface area contributed by atoms with Crippen molar-refractivity contribution < 1.29 is 14.0 Å². The van der Waals surface area contributed by atoms with Crippen LogP contribution in [0.15, 0.2) is 27.4 Å². The van der Waals surface area contributed by atoms with Crippen LogP contribution in [0.2, 0.25) is 0 Å². The van der Waals surface area contributed by atoms with Crippen LogP contribution < -0.4 is 5.76 Å². The Labute approximate surface area is 157 Å². The third-order valence-corrected chi connectivity index (χ3v) is 5.84. The first-order valence-corrected chi connectivity index (χ1v) is 9.72. The molecule has 4 rings (SSSR count). The van der Waals surface area contributed by atoms with Crippen molar-refractivity contribution in [2.24, 2.45) is 13.0 Å². The lowest BCUT2D eigenvalue weighted by atomic mass is 10.1. The first-order chi connectivity index (χ1) is 13.0. The number of rotatable bonds is 2. The van der Waals surface area contributed by atoms with Crippen molar-refractivity contribution in [2.75, 3.05) is 26.2 Å². The van der Waals surface area contributed by atoms with E-state index in [-0.39, 0.29) is 17.7 Å². The molecular weight excluding hydrogens is 346 g/mol. The second kappa shape index (κ2) is 7.21. The summed E-state index contributed by atoms with van der Waals surface area (Å²) in [4.78, 5) is 41.0. The van der Waals surface area contributed by atoms with E-state index in [0.717, 1.165) is 32.1 Å². The largest absolute Gasteiger partial charge is 0.419 e. The molecule has 0 unspecified atom stereocenters. The molecule has 2 aliphatic rings. The number of fused-ring (bicyclic) bond motifs is 1. The third kappa shape index (κ3) is 3.38. The Morgan fingerprint density at radius 3 is 2.48 bits per heavy atom. The number of oxazole rings is 1. The number of aromatic nitrogens is 1. The van der Waals surface area contributed by atoms with E-state index in [1.54, 1.807) is 30.1 Å². The molecule has 7 heteroatoms. The predicted molar refractivity (Wildman–Crippen MR) is 101 cm³/mol. The minimum absolute atomic E-state index is 0.0688. The fourth-order valence-electron chi connectivity index (χ4n) is 4.21. The normalized spacial score (nSPS) is 18.9. The lowest BCUT2D eigenvalue weighted by molar-refractivity contribution is -0.135. The van der Waals surface area contributed by atoms with Gasteiger partial charge in [-0.05, 0) is 37.5 Å². The number of hydrogen-bond donors (Lipinski definition) is 0. The molecule has 1 saturated carbocycles. The molecule has 0 N–H and O–H groups in total. The van der Waals surface area contributed by atoms with Gasteiger partial charge in [-0.3, -0.25) is 14.2 Å². The highest BCUT2D eigenvalue weighted by molar-refractivity contribution is 5.97. The molecule has 1 aromatic heterocycles. The quantitative estimate of drug-likeness (QED) is 0.809. The zero-order chi connectivity index (χ0) is 19.0. The number of carbonyl (C=O) groups is 2. The Kier molecular flexibility index (Phi) is 4.76. The summed E-state index contributed by atoms with van der Waals surface area (Å²) in [5.41, 5.74) is 1.62. The van der Waals surface area contributed by atoms with Gasteiger partial charge in [0.15, 0.2) is 5.58 Å². The van der Waals surface area contributed by atoms with Gasteiger partial charge in [0.2, 0.25) is 5.91 Å². The van der Waals surface area contributed by atoms with Crippen LogP contribution in [-0.2, 0) is 11.8 Å². The molecule has 1 aromatic carbocycles. The number of nitrogens with zero attached hydrogens (tertiary/aromatic N) is 3. The molecule has 144 valence electrons. The van der Waals surface area contributed by atoms with E-state index >= 15 is 0 Å². The smallest absolute Gasteiger partial charge is 0.408 e. The van der Waals surface area contributed by atoms with Crippen LogP contribution >= 0.6 is 0 Å². The summed E-state index contributed by atoms with van der Waals surface area (Å²) in [6, 6.07) is 5.06. The molecule has 7 nitrogen and oxygen atoms in total. The van der Waals surface area contributed by atoms with E-state index < -0.39 is 5.76 Å². The van der Waals surface area contributed by atoms with Gasteiger partial charge in [-0.1, -0.05) is 12.8 Å². The highest BCUT2D eigenvalue weighted by atomic mass is 16.4. The fraction of sp³-hybridized carbons (Fsp3) is 0.550. The van der Waals surface area contributed by atoms with Gasteiger partial charge < -0.3 is 14.2 Å². The van der Waals surface area contributed by atoms with E-state index in [1.165, 1.54) is 4.57 Å². The van der Waals surface area contributed by atoms with E-state index in [0.29, 0.717) is 42.8 Å². The summed E-state index contributed by atoms with van der Waals surface area (Å²) >= 11 is 0. The Hall–Kier alpha value is -2.57. The first kappa shape index (κ1) is 17.8. The van der Waals surface area contributed by atoms with Gasteiger partial charge in [0.05, 0.1) is 5.52 Å². The van der Waals surface area contributed by atoms with Crippen molar-refractivity contribution in [1.29, 1.82) is 0 Å². The summed E-state index contributed by atoms with van der Waals surface area (Å²) < 4.78 is 6.53. The molecule has 1 aliphatic heterocycles. The molecule has 27 heavy (non-hydrogen) atoms. The third-order valence-electron chi connectivity index (χ3n) is 5.84. The highest BCUT2D eigenvalue weighted by Crippen LogP contribution is 2.27. The molecule has 0 bridgehead atoms. The Bertz CT molecular complexity index is 923. The number of hydrogen-bond acceptors (Lipinski definition) is 4.